The lowest BCUT2D eigenvalue weighted by Crippen LogP contribution is -2.12. The fraction of sp³-hybridized carbons (Fsp3) is 0.333. The smallest absolute Gasteiger partial charge is 0.0410 e. The van der Waals surface area contributed by atoms with Gasteiger partial charge in [0.1, 0.15) is 0 Å². The molecule has 1 aromatic rings. The number of halogens is 2. The summed E-state index contributed by atoms with van der Waals surface area (Å²) in [7, 11) is 1.93. The largest absolute Gasteiger partial charge is 0.313 e. The first-order valence-corrected chi connectivity index (χ1v) is 4.94. The van der Waals surface area contributed by atoms with Gasteiger partial charge in [0, 0.05) is 15.5 Å². The Labute approximate surface area is 86.2 Å². The fourth-order valence-corrected chi connectivity index (χ4v) is 1.77. The molecule has 1 nitrogen and oxygen atoms in total. The SMILES string of the molecule is CNC(C)c1cc(Cl)ccc1Br. The van der Waals surface area contributed by atoms with Crippen molar-refractivity contribution < 1.29 is 0 Å². The van der Waals surface area contributed by atoms with Crippen molar-refractivity contribution in [2.75, 3.05) is 7.05 Å². The van der Waals surface area contributed by atoms with Crippen LogP contribution in [0.25, 0.3) is 0 Å². The summed E-state index contributed by atoms with van der Waals surface area (Å²) < 4.78 is 1.09. The summed E-state index contributed by atoms with van der Waals surface area (Å²) in [6, 6.07) is 6.12. The van der Waals surface area contributed by atoms with E-state index < -0.39 is 0 Å². The lowest BCUT2D eigenvalue weighted by Gasteiger charge is -2.12. The molecule has 12 heavy (non-hydrogen) atoms. The second-order valence-electron chi connectivity index (χ2n) is 2.68. The topological polar surface area (TPSA) is 12.0 Å². The Morgan fingerprint density at radius 3 is 2.75 bits per heavy atom. The standard InChI is InChI=1S/C9H11BrClN/c1-6(12-2)8-5-7(11)3-4-9(8)10/h3-6,12H,1-2H3. The van der Waals surface area contributed by atoms with Gasteiger partial charge < -0.3 is 5.32 Å². The van der Waals surface area contributed by atoms with Crippen molar-refractivity contribution in [3.63, 3.8) is 0 Å². The molecule has 0 heterocycles. The Morgan fingerprint density at radius 2 is 2.17 bits per heavy atom. The Balaban J connectivity index is 3.04. The molecule has 1 rings (SSSR count). The zero-order valence-corrected chi connectivity index (χ0v) is 9.41. The van der Waals surface area contributed by atoms with Crippen molar-refractivity contribution in [3.8, 4) is 0 Å². The van der Waals surface area contributed by atoms with E-state index in [-0.39, 0.29) is 0 Å². The highest BCUT2D eigenvalue weighted by Crippen LogP contribution is 2.26. The van der Waals surface area contributed by atoms with Crippen molar-refractivity contribution in [3.05, 3.63) is 33.3 Å². The van der Waals surface area contributed by atoms with Gasteiger partial charge in [-0.2, -0.15) is 0 Å². The molecule has 0 fully saturated rings. The highest BCUT2D eigenvalue weighted by Gasteiger charge is 2.06. The minimum absolute atomic E-state index is 0.318. The lowest BCUT2D eigenvalue weighted by molar-refractivity contribution is 0.649. The summed E-state index contributed by atoms with van der Waals surface area (Å²) in [5.74, 6) is 0. The van der Waals surface area contributed by atoms with Crippen LogP contribution in [0.4, 0.5) is 0 Å². The van der Waals surface area contributed by atoms with Gasteiger partial charge in [-0.3, -0.25) is 0 Å². The maximum atomic E-state index is 5.87. The summed E-state index contributed by atoms with van der Waals surface area (Å²) in [5.41, 5.74) is 1.19. The minimum Gasteiger partial charge on any atom is -0.313 e. The van der Waals surface area contributed by atoms with Gasteiger partial charge in [0.25, 0.3) is 0 Å². The van der Waals surface area contributed by atoms with Gasteiger partial charge in [0.15, 0.2) is 0 Å². The van der Waals surface area contributed by atoms with Gasteiger partial charge in [-0.15, -0.1) is 0 Å². The highest BCUT2D eigenvalue weighted by molar-refractivity contribution is 9.10. The van der Waals surface area contributed by atoms with Crippen molar-refractivity contribution in [1.82, 2.24) is 5.32 Å². The molecule has 0 saturated heterocycles. The van der Waals surface area contributed by atoms with Gasteiger partial charge >= 0.3 is 0 Å². The van der Waals surface area contributed by atoms with E-state index in [2.05, 4.69) is 28.2 Å². The number of benzene rings is 1. The van der Waals surface area contributed by atoms with Gasteiger partial charge in [0.2, 0.25) is 0 Å². The fourth-order valence-electron chi connectivity index (χ4n) is 1.00. The van der Waals surface area contributed by atoms with E-state index in [0.717, 1.165) is 9.50 Å². The minimum atomic E-state index is 0.318. The third kappa shape index (κ3) is 2.22. The molecule has 0 spiro atoms. The average Bonchev–Trinajstić information content (AvgIpc) is 2.08. The second kappa shape index (κ2) is 4.26. The molecule has 1 unspecified atom stereocenters. The molecular formula is C9H11BrClN. The van der Waals surface area contributed by atoms with Crippen LogP contribution in [0.1, 0.15) is 18.5 Å². The van der Waals surface area contributed by atoms with Crippen LogP contribution in [0.2, 0.25) is 5.02 Å². The predicted octanol–water partition coefficient (Wildman–Crippen LogP) is 3.38. The van der Waals surface area contributed by atoms with E-state index in [1.165, 1.54) is 5.56 Å². The van der Waals surface area contributed by atoms with Crippen molar-refractivity contribution >= 4 is 27.5 Å². The first-order valence-electron chi connectivity index (χ1n) is 3.77. The van der Waals surface area contributed by atoms with E-state index in [0.29, 0.717) is 6.04 Å². The summed E-state index contributed by atoms with van der Waals surface area (Å²) in [4.78, 5) is 0. The number of rotatable bonds is 2. The molecule has 0 aliphatic carbocycles. The quantitative estimate of drug-likeness (QED) is 0.846. The molecule has 0 saturated carbocycles. The molecule has 1 atom stereocenters. The Hall–Kier alpha value is -0.0500. The zero-order valence-electron chi connectivity index (χ0n) is 7.07. The summed E-state index contributed by atoms with van der Waals surface area (Å²) in [6.07, 6.45) is 0. The molecule has 1 aromatic carbocycles. The van der Waals surface area contributed by atoms with E-state index in [1.54, 1.807) is 0 Å². The maximum Gasteiger partial charge on any atom is 0.0410 e. The maximum absolute atomic E-state index is 5.87. The van der Waals surface area contributed by atoms with Crippen LogP contribution in [-0.2, 0) is 0 Å². The molecule has 0 aromatic heterocycles. The number of nitrogens with one attached hydrogen (secondary N) is 1. The molecule has 3 heteroatoms. The van der Waals surface area contributed by atoms with Gasteiger partial charge in [-0.25, -0.2) is 0 Å². The van der Waals surface area contributed by atoms with Gasteiger partial charge in [-0.05, 0) is 37.7 Å². The predicted molar refractivity (Wildman–Crippen MR) is 56.6 cm³/mol. The second-order valence-corrected chi connectivity index (χ2v) is 3.97. The van der Waals surface area contributed by atoms with Crippen LogP contribution < -0.4 is 5.32 Å². The van der Waals surface area contributed by atoms with Crippen LogP contribution in [-0.4, -0.2) is 7.05 Å². The third-order valence-corrected chi connectivity index (χ3v) is 2.81. The average molecular weight is 249 g/mol. The normalized spacial score (nSPS) is 13.0. The van der Waals surface area contributed by atoms with Crippen molar-refractivity contribution in [2.45, 2.75) is 13.0 Å². The van der Waals surface area contributed by atoms with E-state index >= 15 is 0 Å². The van der Waals surface area contributed by atoms with Gasteiger partial charge in [-0.1, -0.05) is 27.5 Å². The molecule has 0 bridgehead atoms. The summed E-state index contributed by atoms with van der Waals surface area (Å²) in [5, 5.41) is 3.93. The van der Waals surface area contributed by atoms with Crippen LogP contribution in [0.15, 0.2) is 22.7 Å². The Kier molecular flexibility index (Phi) is 3.56. The number of hydrogen-bond donors (Lipinski definition) is 1. The third-order valence-electron chi connectivity index (χ3n) is 1.86. The van der Waals surface area contributed by atoms with Crippen LogP contribution in [0.5, 0.6) is 0 Å². The summed E-state index contributed by atoms with van der Waals surface area (Å²) >= 11 is 9.34. The van der Waals surface area contributed by atoms with Gasteiger partial charge in [0.05, 0.1) is 0 Å². The van der Waals surface area contributed by atoms with Crippen molar-refractivity contribution in [1.29, 1.82) is 0 Å². The Bertz CT molecular complexity index is 275. The number of hydrogen-bond acceptors (Lipinski definition) is 1. The first-order chi connectivity index (χ1) is 5.65. The molecule has 0 radical (unpaired) electrons. The van der Waals surface area contributed by atoms with E-state index in [4.69, 9.17) is 11.6 Å². The van der Waals surface area contributed by atoms with Crippen LogP contribution in [0, 0.1) is 0 Å². The molecule has 66 valence electrons. The monoisotopic (exact) mass is 247 g/mol. The molecule has 0 aliphatic heterocycles. The van der Waals surface area contributed by atoms with Crippen LogP contribution >= 0.6 is 27.5 Å². The zero-order chi connectivity index (χ0) is 9.14. The van der Waals surface area contributed by atoms with Crippen LogP contribution in [0.3, 0.4) is 0 Å². The highest BCUT2D eigenvalue weighted by atomic mass is 79.9. The van der Waals surface area contributed by atoms with E-state index in [9.17, 15) is 0 Å². The molecular weight excluding hydrogens is 237 g/mol. The summed E-state index contributed by atoms with van der Waals surface area (Å²) in [6.45, 7) is 2.09. The molecule has 0 amide bonds. The molecule has 1 N–H and O–H groups in total. The van der Waals surface area contributed by atoms with Crippen molar-refractivity contribution in [2.24, 2.45) is 0 Å². The van der Waals surface area contributed by atoms with E-state index in [1.807, 2.05) is 25.2 Å². The Morgan fingerprint density at radius 1 is 1.50 bits per heavy atom. The molecule has 0 aliphatic rings. The lowest BCUT2D eigenvalue weighted by atomic mass is 10.1. The first kappa shape index (κ1) is 10.0.